The Morgan fingerprint density at radius 1 is 1.27 bits per heavy atom. The quantitative estimate of drug-likeness (QED) is 0.659. The Kier molecular flexibility index (Phi) is 2.95. The predicted octanol–water partition coefficient (Wildman–Crippen LogP) is 3.30. The Balaban J connectivity index is 2.44. The highest BCUT2D eigenvalue weighted by atomic mass is 32.9. The topological polar surface area (TPSA) is 43.1 Å². The van der Waals surface area contributed by atoms with Crippen LogP contribution in [-0.2, 0) is 0 Å². The fourth-order valence-corrected chi connectivity index (χ4v) is 3.61. The molecule has 5 heteroatoms. The molecule has 0 unspecified atom stereocenters. The summed E-state index contributed by atoms with van der Waals surface area (Å²) in [4.78, 5) is 10.9. The van der Waals surface area contributed by atoms with Crippen LogP contribution in [0, 0.1) is 3.82 Å². The SMILES string of the molecule is NC(=O)c1ccc(-c2cssc2=S)cc1. The zero-order valence-electron chi connectivity index (χ0n) is 7.60. The van der Waals surface area contributed by atoms with E-state index in [1.165, 1.54) is 0 Å². The molecule has 15 heavy (non-hydrogen) atoms. The van der Waals surface area contributed by atoms with Gasteiger partial charge in [0.25, 0.3) is 0 Å². The highest BCUT2D eigenvalue weighted by Gasteiger charge is 2.03. The van der Waals surface area contributed by atoms with Gasteiger partial charge in [-0.15, -0.1) is 0 Å². The minimum Gasteiger partial charge on any atom is -0.366 e. The molecule has 0 atom stereocenters. The van der Waals surface area contributed by atoms with Crippen LogP contribution < -0.4 is 5.73 Å². The summed E-state index contributed by atoms with van der Waals surface area (Å²) in [5.41, 5.74) is 7.76. The molecule has 76 valence electrons. The van der Waals surface area contributed by atoms with Gasteiger partial charge in [-0.2, -0.15) is 0 Å². The second kappa shape index (κ2) is 4.22. The van der Waals surface area contributed by atoms with Gasteiger partial charge in [-0.25, -0.2) is 0 Å². The van der Waals surface area contributed by atoms with Gasteiger partial charge in [0, 0.05) is 16.5 Å². The maximum Gasteiger partial charge on any atom is 0.248 e. The third-order valence-corrected chi connectivity index (χ3v) is 4.65. The van der Waals surface area contributed by atoms with Gasteiger partial charge in [0.2, 0.25) is 5.91 Å². The van der Waals surface area contributed by atoms with Gasteiger partial charge >= 0.3 is 0 Å². The van der Waals surface area contributed by atoms with E-state index in [-0.39, 0.29) is 0 Å². The minimum absolute atomic E-state index is 0.409. The van der Waals surface area contributed by atoms with Gasteiger partial charge < -0.3 is 5.73 Å². The van der Waals surface area contributed by atoms with Gasteiger partial charge in [-0.05, 0) is 17.7 Å². The van der Waals surface area contributed by atoms with Gasteiger partial charge in [0.15, 0.2) is 0 Å². The number of carbonyl (C=O) groups excluding carboxylic acids is 1. The lowest BCUT2D eigenvalue weighted by atomic mass is 10.1. The van der Waals surface area contributed by atoms with Crippen molar-refractivity contribution in [2.45, 2.75) is 0 Å². The molecule has 0 spiro atoms. The Labute approximate surface area is 99.4 Å². The fraction of sp³-hybridized carbons (Fsp3) is 0. The number of benzene rings is 1. The molecule has 0 saturated heterocycles. The highest BCUT2D eigenvalue weighted by Crippen LogP contribution is 2.27. The van der Waals surface area contributed by atoms with E-state index in [1.54, 1.807) is 32.8 Å². The van der Waals surface area contributed by atoms with Gasteiger partial charge in [-0.1, -0.05) is 45.0 Å². The summed E-state index contributed by atoms with van der Waals surface area (Å²) in [6.45, 7) is 0. The number of primary amides is 1. The van der Waals surface area contributed by atoms with E-state index < -0.39 is 5.91 Å². The van der Waals surface area contributed by atoms with Crippen molar-refractivity contribution in [3.05, 3.63) is 39.0 Å². The smallest absolute Gasteiger partial charge is 0.248 e. The van der Waals surface area contributed by atoms with Gasteiger partial charge in [0.1, 0.15) is 3.82 Å². The molecule has 2 aromatic rings. The van der Waals surface area contributed by atoms with E-state index in [4.69, 9.17) is 18.0 Å². The molecule has 2 rings (SSSR count). The molecule has 2 nitrogen and oxygen atoms in total. The molecule has 0 fully saturated rings. The lowest BCUT2D eigenvalue weighted by molar-refractivity contribution is 0.100. The zero-order valence-corrected chi connectivity index (χ0v) is 10.0. The van der Waals surface area contributed by atoms with Crippen LogP contribution in [0.4, 0.5) is 0 Å². The fourth-order valence-electron chi connectivity index (χ4n) is 1.21. The standard InChI is InChI=1S/C10H7NOS3/c11-9(12)7-3-1-6(2-4-7)8-5-14-15-10(8)13/h1-5H,(H2,11,12). The molecular formula is C10H7NOS3. The molecule has 0 aliphatic heterocycles. The van der Waals surface area contributed by atoms with Crippen LogP contribution in [-0.4, -0.2) is 5.91 Å². The first-order chi connectivity index (χ1) is 7.18. The Hall–Kier alpha value is -1.04. The average molecular weight is 253 g/mol. The molecule has 1 amide bonds. The van der Waals surface area contributed by atoms with Crippen molar-refractivity contribution in [1.29, 1.82) is 0 Å². The summed E-state index contributed by atoms with van der Waals surface area (Å²) in [7, 11) is 3.19. The first-order valence-corrected chi connectivity index (χ1v) is 6.78. The summed E-state index contributed by atoms with van der Waals surface area (Å²) >= 11 is 5.19. The van der Waals surface area contributed by atoms with Crippen molar-refractivity contribution in [2.75, 3.05) is 0 Å². The summed E-state index contributed by atoms with van der Waals surface area (Å²) in [6.07, 6.45) is 0. The second-order valence-electron chi connectivity index (χ2n) is 2.94. The third-order valence-electron chi connectivity index (χ3n) is 1.99. The molecule has 0 radical (unpaired) electrons. The zero-order chi connectivity index (χ0) is 10.8. The molecule has 1 aromatic carbocycles. The van der Waals surface area contributed by atoms with Crippen LogP contribution >= 0.6 is 32.9 Å². The van der Waals surface area contributed by atoms with Crippen LogP contribution in [0.3, 0.4) is 0 Å². The number of hydrogen-bond acceptors (Lipinski definition) is 4. The van der Waals surface area contributed by atoms with E-state index >= 15 is 0 Å². The Morgan fingerprint density at radius 3 is 2.40 bits per heavy atom. The Morgan fingerprint density at radius 2 is 1.93 bits per heavy atom. The molecule has 0 aliphatic rings. The van der Waals surface area contributed by atoms with Crippen LogP contribution in [0.25, 0.3) is 11.1 Å². The first kappa shape index (κ1) is 10.5. The van der Waals surface area contributed by atoms with Crippen molar-refractivity contribution >= 4 is 38.8 Å². The number of carbonyl (C=O) groups is 1. The molecule has 1 heterocycles. The van der Waals surface area contributed by atoms with E-state index in [0.29, 0.717) is 5.56 Å². The van der Waals surface area contributed by atoms with E-state index in [0.717, 1.165) is 15.0 Å². The monoisotopic (exact) mass is 253 g/mol. The van der Waals surface area contributed by atoms with Crippen molar-refractivity contribution in [2.24, 2.45) is 5.73 Å². The number of nitrogens with two attached hydrogens (primary N) is 1. The van der Waals surface area contributed by atoms with Crippen molar-refractivity contribution < 1.29 is 4.79 Å². The molecule has 0 bridgehead atoms. The summed E-state index contributed by atoms with van der Waals surface area (Å²) < 4.78 is 0.881. The number of rotatable bonds is 2. The summed E-state index contributed by atoms with van der Waals surface area (Å²) in [6, 6.07) is 7.17. The second-order valence-corrected chi connectivity index (χ2v) is 5.69. The summed E-state index contributed by atoms with van der Waals surface area (Å²) in [5.74, 6) is -0.409. The van der Waals surface area contributed by atoms with Crippen LogP contribution in [0.5, 0.6) is 0 Å². The minimum atomic E-state index is -0.409. The van der Waals surface area contributed by atoms with E-state index in [9.17, 15) is 4.79 Å². The van der Waals surface area contributed by atoms with Crippen LogP contribution in [0.2, 0.25) is 0 Å². The van der Waals surface area contributed by atoms with Crippen LogP contribution in [0.1, 0.15) is 10.4 Å². The van der Waals surface area contributed by atoms with Crippen molar-refractivity contribution in [3.63, 3.8) is 0 Å². The normalized spacial score (nSPS) is 10.1. The van der Waals surface area contributed by atoms with E-state index in [2.05, 4.69) is 0 Å². The van der Waals surface area contributed by atoms with Crippen LogP contribution in [0.15, 0.2) is 29.6 Å². The van der Waals surface area contributed by atoms with Gasteiger partial charge in [-0.3, -0.25) is 4.79 Å². The number of amides is 1. The molecule has 0 saturated carbocycles. The molecule has 2 N–H and O–H groups in total. The lowest BCUT2D eigenvalue weighted by Gasteiger charge is -1.98. The maximum absolute atomic E-state index is 10.9. The van der Waals surface area contributed by atoms with Crippen molar-refractivity contribution in [1.82, 2.24) is 0 Å². The summed E-state index contributed by atoms with van der Waals surface area (Å²) in [5, 5.41) is 2.02. The lowest BCUT2D eigenvalue weighted by Crippen LogP contribution is -2.10. The maximum atomic E-state index is 10.9. The third kappa shape index (κ3) is 2.14. The average Bonchev–Trinajstić information content (AvgIpc) is 2.65. The number of hydrogen-bond donors (Lipinski definition) is 1. The molecule has 1 aromatic heterocycles. The highest BCUT2D eigenvalue weighted by molar-refractivity contribution is 7.79. The van der Waals surface area contributed by atoms with Gasteiger partial charge in [0.05, 0.1) is 0 Å². The van der Waals surface area contributed by atoms with E-state index in [1.807, 2.05) is 17.5 Å². The Bertz CT molecular complexity index is 538. The molecule has 0 aliphatic carbocycles. The molecular weight excluding hydrogens is 246 g/mol. The van der Waals surface area contributed by atoms with Crippen molar-refractivity contribution in [3.8, 4) is 11.1 Å². The first-order valence-electron chi connectivity index (χ1n) is 4.16. The largest absolute Gasteiger partial charge is 0.366 e. The predicted molar refractivity (Wildman–Crippen MR) is 67.0 cm³/mol.